The van der Waals surface area contributed by atoms with Crippen LogP contribution in [-0.2, 0) is 16.6 Å². The molecule has 8 heteroatoms. The van der Waals surface area contributed by atoms with Gasteiger partial charge in [-0.15, -0.1) is 0 Å². The lowest BCUT2D eigenvalue weighted by Gasteiger charge is -2.08. The third kappa shape index (κ3) is 4.83. The summed E-state index contributed by atoms with van der Waals surface area (Å²) < 4.78 is 30.9. The lowest BCUT2D eigenvalue weighted by molar-refractivity contribution is 0.102. The van der Waals surface area contributed by atoms with Crippen LogP contribution in [0.2, 0.25) is 0 Å². The molecule has 0 bridgehead atoms. The van der Waals surface area contributed by atoms with Crippen molar-refractivity contribution in [2.45, 2.75) is 19.9 Å². The van der Waals surface area contributed by atoms with Crippen molar-refractivity contribution in [3.63, 3.8) is 0 Å². The first-order valence-corrected chi connectivity index (χ1v) is 8.78. The number of amides is 1. The van der Waals surface area contributed by atoms with E-state index >= 15 is 0 Å². The number of carbonyl (C=O) groups is 1. The molecule has 1 amide bonds. The Hall–Kier alpha value is -2.32. The second kappa shape index (κ2) is 7.30. The number of anilines is 2. The summed E-state index contributed by atoms with van der Waals surface area (Å²) in [6.45, 7) is 2.02. The van der Waals surface area contributed by atoms with E-state index in [2.05, 4.69) is 10.0 Å². The number of carbonyl (C=O) groups excluding carboxylic acids is 1. The maximum absolute atomic E-state index is 12.0. The Morgan fingerprint density at radius 2 is 1.87 bits per heavy atom. The highest BCUT2D eigenvalue weighted by Crippen LogP contribution is 2.17. The molecule has 0 saturated heterocycles. The van der Waals surface area contributed by atoms with Crippen LogP contribution in [0.5, 0.6) is 0 Å². The molecule has 0 fully saturated rings. The van der Waals surface area contributed by atoms with Gasteiger partial charge in [0.15, 0.2) is 0 Å². The van der Waals surface area contributed by atoms with Crippen LogP contribution < -0.4 is 15.8 Å². The first-order valence-electron chi connectivity index (χ1n) is 7.13. The third-order valence-electron chi connectivity index (χ3n) is 3.01. The van der Waals surface area contributed by atoms with E-state index in [0.29, 0.717) is 29.1 Å². The normalized spacial score (nSPS) is 11.2. The predicted molar refractivity (Wildman–Crippen MR) is 88.7 cm³/mol. The van der Waals surface area contributed by atoms with E-state index in [4.69, 9.17) is 10.2 Å². The lowest BCUT2D eigenvalue weighted by atomic mass is 10.2. The van der Waals surface area contributed by atoms with E-state index in [1.54, 1.807) is 37.3 Å². The fourth-order valence-corrected chi connectivity index (χ4v) is 3.07. The quantitative estimate of drug-likeness (QED) is 0.716. The molecule has 0 spiro atoms. The van der Waals surface area contributed by atoms with Crippen molar-refractivity contribution >= 4 is 27.3 Å². The number of furan rings is 1. The van der Waals surface area contributed by atoms with E-state index in [1.165, 1.54) is 6.26 Å². The number of rotatable bonds is 7. The first-order chi connectivity index (χ1) is 10.9. The van der Waals surface area contributed by atoms with Crippen LogP contribution >= 0.6 is 0 Å². The topological polar surface area (TPSA) is 114 Å². The van der Waals surface area contributed by atoms with Gasteiger partial charge in [0.2, 0.25) is 10.0 Å². The van der Waals surface area contributed by atoms with Crippen LogP contribution in [0.3, 0.4) is 0 Å². The van der Waals surface area contributed by atoms with Crippen LogP contribution in [0.15, 0.2) is 41.0 Å². The maximum Gasteiger partial charge on any atom is 0.258 e. The van der Waals surface area contributed by atoms with E-state index < -0.39 is 10.0 Å². The largest absolute Gasteiger partial charge is 0.467 e. The average Bonchev–Trinajstić information content (AvgIpc) is 2.98. The molecule has 0 saturated carbocycles. The highest BCUT2D eigenvalue weighted by Gasteiger charge is 2.11. The van der Waals surface area contributed by atoms with Gasteiger partial charge in [-0.3, -0.25) is 9.52 Å². The van der Waals surface area contributed by atoms with E-state index in [0.717, 1.165) is 0 Å². The molecule has 2 aromatic rings. The summed E-state index contributed by atoms with van der Waals surface area (Å²) in [7, 11) is -3.33. The number of sulfonamides is 1. The van der Waals surface area contributed by atoms with Crippen LogP contribution in [0.1, 0.15) is 29.5 Å². The van der Waals surface area contributed by atoms with Gasteiger partial charge in [-0.2, -0.15) is 0 Å². The molecule has 0 radical (unpaired) electrons. The number of benzene rings is 1. The summed E-state index contributed by atoms with van der Waals surface area (Å²) in [5.74, 6) is 0.263. The third-order valence-corrected chi connectivity index (χ3v) is 4.50. The molecule has 4 N–H and O–H groups in total. The zero-order valence-corrected chi connectivity index (χ0v) is 13.5. The summed E-state index contributed by atoms with van der Waals surface area (Å²) >= 11 is 0. The Kier molecular flexibility index (Phi) is 5.41. The average molecular weight is 337 g/mol. The molecular weight excluding hydrogens is 318 g/mol. The molecule has 0 aliphatic rings. The monoisotopic (exact) mass is 337 g/mol. The van der Waals surface area contributed by atoms with Gasteiger partial charge in [-0.25, -0.2) is 8.42 Å². The van der Waals surface area contributed by atoms with Crippen LogP contribution in [0, 0.1) is 0 Å². The van der Waals surface area contributed by atoms with Gasteiger partial charge in [-0.1, -0.05) is 6.92 Å². The van der Waals surface area contributed by atoms with Gasteiger partial charge in [0.1, 0.15) is 12.0 Å². The molecule has 124 valence electrons. The molecular formula is C15H19N3O4S. The molecule has 0 atom stereocenters. The van der Waals surface area contributed by atoms with Crippen molar-refractivity contribution in [2.24, 2.45) is 5.73 Å². The fraction of sp³-hybridized carbons (Fsp3) is 0.267. The molecule has 1 aromatic heterocycles. The second-order valence-electron chi connectivity index (χ2n) is 4.96. The minimum absolute atomic E-state index is 0.0649. The van der Waals surface area contributed by atoms with Crippen molar-refractivity contribution in [1.29, 1.82) is 0 Å². The standard InChI is InChI=1S/C15H19N3O4S/c1-2-7-23(20,21)18-13-5-3-12(4-6-13)17-15(19)11-8-14(9-16)22-10-11/h3-6,8,10,18H,2,7,9,16H2,1H3,(H,17,19). The summed E-state index contributed by atoms with van der Waals surface area (Å²) in [6.07, 6.45) is 1.88. The Morgan fingerprint density at radius 3 is 2.43 bits per heavy atom. The van der Waals surface area contributed by atoms with E-state index in [-0.39, 0.29) is 18.2 Å². The highest BCUT2D eigenvalue weighted by atomic mass is 32.2. The van der Waals surface area contributed by atoms with Crippen LogP contribution in [-0.4, -0.2) is 20.1 Å². The fourth-order valence-electron chi connectivity index (χ4n) is 1.93. The molecule has 0 aliphatic heterocycles. The van der Waals surface area contributed by atoms with Gasteiger partial charge in [0.25, 0.3) is 5.91 Å². The summed E-state index contributed by atoms with van der Waals surface area (Å²) in [5, 5.41) is 2.69. The minimum Gasteiger partial charge on any atom is -0.467 e. The Labute approximate surface area is 134 Å². The van der Waals surface area contributed by atoms with E-state index in [9.17, 15) is 13.2 Å². The molecule has 7 nitrogen and oxygen atoms in total. The zero-order valence-electron chi connectivity index (χ0n) is 12.7. The smallest absolute Gasteiger partial charge is 0.258 e. The Morgan fingerprint density at radius 1 is 1.22 bits per heavy atom. The van der Waals surface area contributed by atoms with Crippen molar-refractivity contribution in [3.05, 3.63) is 47.9 Å². The molecule has 0 aliphatic carbocycles. The molecule has 23 heavy (non-hydrogen) atoms. The highest BCUT2D eigenvalue weighted by molar-refractivity contribution is 7.92. The van der Waals surface area contributed by atoms with Gasteiger partial charge < -0.3 is 15.5 Å². The Balaban J connectivity index is 2.01. The zero-order chi connectivity index (χ0) is 16.9. The Bertz CT molecular complexity index is 766. The SMILES string of the molecule is CCCS(=O)(=O)Nc1ccc(NC(=O)c2coc(CN)c2)cc1. The minimum atomic E-state index is -3.33. The first kappa shape index (κ1) is 17.0. The molecule has 0 unspecified atom stereocenters. The maximum atomic E-state index is 12.0. The molecule has 2 rings (SSSR count). The van der Waals surface area contributed by atoms with E-state index in [1.807, 2.05) is 0 Å². The van der Waals surface area contributed by atoms with Crippen molar-refractivity contribution < 1.29 is 17.6 Å². The van der Waals surface area contributed by atoms with Crippen molar-refractivity contribution in [2.75, 3.05) is 15.8 Å². The van der Waals surface area contributed by atoms with Crippen molar-refractivity contribution in [3.8, 4) is 0 Å². The molecule has 1 aromatic carbocycles. The van der Waals surface area contributed by atoms with Crippen molar-refractivity contribution in [1.82, 2.24) is 0 Å². The summed E-state index contributed by atoms with van der Waals surface area (Å²) in [6, 6.07) is 7.98. The van der Waals surface area contributed by atoms with Gasteiger partial charge in [0, 0.05) is 11.4 Å². The number of hydrogen-bond donors (Lipinski definition) is 3. The van der Waals surface area contributed by atoms with Gasteiger partial charge in [-0.05, 0) is 36.8 Å². The summed E-state index contributed by atoms with van der Waals surface area (Å²) in [4.78, 5) is 12.0. The predicted octanol–water partition coefficient (Wildman–Crippen LogP) is 2.14. The van der Waals surface area contributed by atoms with Gasteiger partial charge in [0.05, 0.1) is 17.9 Å². The van der Waals surface area contributed by atoms with Crippen LogP contribution in [0.25, 0.3) is 0 Å². The summed E-state index contributed by atoms with van der Waals surface area (Å²) in [5.41, 5.74) is 6.79. The molecule has 1 heterocycles. The van der Waals surface area contributed by atoms with Gasteiger partial charge >= 0.3 is 0 Å². The lowest BCUT2D eigenvalue weighted by Crippen LogP contribution is -2.16. The number of hydrogen-bond acceptors (Lipinski definition) is 5. The number of nitrogens with one attached hydrogen (secondary N) is 2. The van der Waals surface area contributed by atoms with Crippen LogP contribution in [0.4, 0.5) is 11.4 Å². The second-order valence-corrected chi connectivity index (χ2v) is 6.80. The number of nitrogens with two attached hydrogens (primary N) is 1.